The van der Waals surface area contributed by atoms with E-state index in [1.807, 2.05) is 19.9 Å². The van der Waals surface area contributed by atoms with Crippen molar-refractivity contribution in [3.8, 4) is 6.07 Å². The van der Waals surface area contributed by atoms with Crippen molar-refractivity contribution >= 4 is 12.0 Å². The Morgan fingerprint density at radius 2 is 1.89 bits per heavy atom. The van der Waals surface area contributed by atoms with E-state index in [1.165, 1.54) is 0 Å². The van der Waals surface area contributed by atoms with Gasteiger partial charge in [0.25, 0.3) is 0 Å². The number of carbonyl (C=O) groups is 2. The molecule has 108 valence electrons. The quantitative estimate of drug-likeness (QED) is 0.741. The SMILES string of the molecule is CC(C)CC(NC(=O)OC(C)(C)C)C(=O)NCC#N. The van der Waals surface area contributed by atoms with Crippen LogP contribution in [0.3, 0.4) is 0 Å². The van der Waals surface area contributed by atoms with Crippen molar-refractivity contribution in [1.29, 1.82) is 5.26 Å². The molecule has 0 fully saturated rings. The van der Waals surface area contributed by atoms with Crippen molar-refractivity contribution in [3.05, 3.63) is 0 Å². The highest BCUT2D eigenvalue weighted by Gasteiger charge is 2.24. The number of carbonyl (C=O) groups excluding carboxylic acids is 2. The number of ether oxygens (including phenoxy) is 1. The van der Waals surface area contributed by atoms with E-state index in [4.69, 9.17) is 10.00 Å². The maximum Gasteiger partial charge on any atom is 0.408 e. The molecule has 19 heavy (non-hydrogen) atoms. The molecule has 0 saturated heterocycles. The van der Waals surface area contributed by atoms with Crippen molar-refractivity contribution in [2.24, 2.45) is 5.92 Å². The summed E-state index contributed by atoms with van der Waals surface area (Å²) in [4.78, 5) is 23.5. The largest absolute Gasteiger partial charge is 0.444 e. The monoisotopic (exact) mass is 269 g/mol. The number of nitriles is 1. The summed E-state index contributed by atoms with van der Waals surface area (Å²) in [5, 5.41) is 13.4. The van der Waals surface area contributed by atoms with Gasteiger partial charge in [-0.15, -0.1) is 0 Å². The molecule has 0 aromatic carbocycles. The average Bonchev–Trinajstić information content (AvgIpc) is 2.21. The molecule has 1 unspecified atom stereocenters. The van der Waals surface area contributed by atoms with Crippen LogP contribution in [0.2, 0.25) is 0 Å². The molecule has 0 bridgehead atoms. The zero-order chi connectivity index (χ0) is 15.1. The minimum absolute atomic E-state index is 0.0799. The summed E-state index contributed by atoms with van der Waals surface area (Å²) in [7, 11) is 0. The van der Waals surface area contributed by atoms with Crippen LogP contribution in [0.4, 0.5) is 4.79 Å². The van der Waals surface area contributed by atoms with Gasteiger partial charge in [-0.3, -0.25) is 4.79 Å². The lowest BCUT2D eigenvalue weighted by atomic mass is 10.0. The lowest BCUT2D eigenvalue weighted by Crippen LogP contribution is -2.48. The summed E-state index contributed by atoms with van der Waals surface area (Å²) in [5.74, 6) is -0.145. The second-order valence-electron chi connectivity index (χ2n) is 5.70. The zero-order valence-electron chi connectivity index (χ0n) is 12.2. The van der Waals surface area contributed by atoms with Gasteiger partial charge >= 0.3 is 6.09 Å². The number of alkyl carbamates (subject to hydrolysis) is 1. The van der Waals surface area contributed by atoms with E-state index in [9.17, 15) is 9.59 Å². The van der Waals surface area contributed by atoms with E-state index >= 15 is 0 Å². The Kier molecular flexibility index (Phi) is 6.91. The summed E-state index contributed by atoms with van der Waals surface area (Å²) >= 11 is 0. The first-order valence-corrected chi connectivity index (χ1v) is 6.30. The summed E-state index contributed by atoms with van der Waals surface area (Å²) < 4.78 is 5.11. The van der Waals surface area contributed by atoms with Crippen molar-refractivity contribution in [3.63, 3.8) is 0 Å². The normalized spacial score (nSPS) is 12.5. The van der Waals surface area contributed by atoms with Gasteiger partial charge in [0.05, 0.1) is 6.07 Å². The van der Waals surface area contributed by atoms with Crippen LogP contribution < -0.4 is 10.6 Å². The zero-order valence-corrected chi connectivity index (χ0v) is 12.2. The maximum atomic E-state index is 11.8. The number of rotatable bonds is 5. The van der Waals surface area contributed by atoms with Crippen LogP contribution in [0.1, 0.15) is 41.0 Å². The first-order valence-electron chi connectivity index (χ1n) is 6.30. The number of amides is 2. The second-order valence-corrected chi connectivity index (χ2v) is 5.70. The van der Waals surface area contributed by atoms with E-state index < -0.39 is 17.7 Å². The topological polar surface area (TPSA) is 91.2 Å². The summed E-state index contributed by atoms with van der Waals surface area (Å²) in [6.45, 7) is 9.06. The molecule has 6 nitrogen and oxygen atoms in total. The minimum Gasteiger partial charge on any atom is -0.444 e. The van der Waals surface area contributed by atoms with Crippen LogP contribution >= 0.6 is 0 Å². The summed E-state index contributed by atoms with van der Waals surface area (Å²) in [6.07, 6.45) is -0.151. The molecule has 0 rings (SSSR count). The third kappa shape index (κ3) is 8.89. The molecule has 0 heterocycles. The van der Waals surface area contributed by atoms with Crippen molar-refractivity contribution in [2.45, 2.75) is 52.7 Å². The number of nitrogens with one attached hydrogen (secondary N) is 2. The molecular formula is C13H23N3O3. The third-order valence-electron chi connectivity index (χ3n) is 2.06. The maximum absolute atomic E-state index is 11.8. The van der Waals surface area contributed by atoms with Gasteiger partial charge in [-0.25, -0.2) is 4.79 Å². The Balaban J connectivity index is 4.55. The van der Waals surface area contributed by atoms with Gasteiger partial charge in [0.15, 0.2) is 0 Å². The molecule has 0 aliphatic rings. The van der Waals surface area contributed by atoms with Gasteiger partial charge in [0, 0.05) is 0 Å². The molecule has 0 aromatic rings. The van der Waals surface area contributed by atoms with E-state index in [2.05, 4.69) is 10.6 Å². The molecule has 6 heteroatoms. The van der Waals surface area contributed by atoms with E-state index in [1.54, 1.807) is 20.8 Å². The van der Waals surface area contributed by atoms with Crippen LogP contribution in [0.5, 0.6) is 0 Å². The molecule has 0 radical (unpaired) electrons. The van der Waals surface area contributed by atoms with Crippen LogP contribution in [0.25, 0.3) is 0 Å². The van der Waals surface area contributed by atoms with Crippen LogP contribution in [-0.2, 0) is 9.53 Å². The molecule has 2 amide bonds. The Morgan fingerprint density at radius 1 is 1.32 bits per heavy atom. The predicted molar refractivity (Wildman–Crippen MR) is 71.2 cm³/mol. The van der Waals surface area contributed by atoms with Gasteiger partial charge in [-0.2, -0.15) is 5.26 Å². The van der Waals surface area contributed by atoms with Gasteiger partial charge < -0.3 is 15.4 Å². The van der Waals surface area contributed by atoms with E-state index in [-0.39, 0.29) is 18.4 Å². The lowest BCUT2D eigenvalue weighted by Gasteiger charge is -2.23. The Hall–Kier alpha value is -1.77. The Morgan fingerprint density at radius 3 is 2.32 bits per heavy atom. The predicted octanol–water partition coefficient (Wildman–Crippen LogP) is 1.57. The molecule has 0 aliphatic carbocycles. The number of hydrogen-bond acceptors (Lipinski definition) is 4. The smallest absolute Gasteiger partial charge is 0.408 e. The molecule has 0 spiro atoms. The summed E-state index contributed by atoms with van der Waals surface area (Å²) in [5.41, 5.74) is -0.615. The van der Waals surface area contributed by atoms with Gasteiger partial charge in [0.1, 0.15) is 18.2 Å². The Labute approximate surface area is 114 Å². The fourth-order valence-electron chi connectivity index (χ4n) is 1.40. The van der Waals surface area contributed by atoms with Gasteiger partial charge in [-0.05, 0) is 33.1 Å². The summed E-state index contributed by atoms with van der Waals surface area (Å²) in [6, 6.07) is 1.13. The van der Waals surface area contributed by atoms with Crippen LogP contribution in [0.15, 0.2) is 0 Å². The number of hydrogen-bond donors (Lipinski definition) is 2. The molecule has 2 N–H and O–H groups in total. The minimum atomic E-state index is -0.691. The fraction of sp³-hybridized carbons (Fsp3) is 0.769. The van der Waals surface area contributed by atoms with Crippen LogP contribution in [0, 0.1) is 17.2 Å². The highest BCUT2D eigenvalue weighted by Crippen LogP contribution is 2.09. The number of nitrogens with zero attached hydrogens (tertiary/aromatic N) is 1. The third-order valence-corrected chi connectivity index (χ3v) is 2.06. The highest BCUT2D eigenvalue weighted by molar-refractivity contribution is 5.85. The van der Waals surface area contributed by atoms with Crippen molar-refractivity contribution in [2.75, 3.05) is 6.54 Å². The first-order chi connectivity index (χ1) is 8.65. The van der Waals surface area contributed by atoms with Crippen molar-refractivity contribution in [1.82, 2.24) is 10.6 Å². The van der Waals surface area contributed by atoms with Crippen molar-refractivity contribution < 1.29 is 14.3 Å². The Bertz CT molecular complexity index is 353. The fourth-order valence-corrected chi connectivity index (χ4v) is 1.40. The van der Waals surface area contributed by atoms with E-state index in [0.29, 0.717) is 6.42 Å². The van der Waals surface area contributed by atoms with Gasteiger partial charge in [-0.1, -0.05) is 13.8 Å². The first kappa shape index (κ1) is 17.2. The standard InChI is InChI=1S/C13H23N3O3/c1-9(2)8-10(11(17)15-7-6-14)16-12(18)19-13(3,4)5/h9-10H,7-8H2,1-5H3,(H,15,17)(H,16,18). The highest BCUT2D eigenvalue weighted by atomic mass is 16.6. The van der Waals surface area contributed by atoms with Gasteiger partial charge in [0.2, 0.25) is 5.91 Å². The molecule has 1 atom stereocenters. The van der Waals surface area contributed by atoms with Crippen LogP contribution in [-0.4, -0.2) is 30.2 Å². The average molecular weight is 269 g/mol. The second kappa shape index (κ2) is 7.62. The molecule has 0 aromatic heterocycles. The molecule has 0 saturated carbocycles. The van der Waals surface area contributed by atoms with E-state index in [0.717, 1.165) is 0 Å². The molecule has 0 aliphatic heterocycles. The molecular weight excluding hydrogens is 246 g/mol. The lowest BCUT2D eigenvalue weighted by molar-refractivity contribution is -0.123.